The van der Waals surface area contributed by atoms with Gasteiger partial charge in [0.2, 0.25) is 0 Å². The molecule has 11 atom stereocenters. The SMILES string of the molecule is COC(=O)[C@H]1[C@H](C)[C@@H]2[C@H]3CC[C@@H]4[C@]5(C)CCCC(C)(C)[C@@H]5CC[C@]4(C)[C@]3(C)CC[C@]23CO[C@@H]1C3. The smallest absolute Gasteiger partial charge is 0.311 e. The lowest BCUT2D eigenvalue weighted by molar-refractivity contribution is -0.245. The highest BCUT2D eigenvalue weighted by atomic mass is 16.5. The van der Waals surface area contributed by atoms with E-state index in [4.69, 9.17) is 9.47 Å². The van der Waals surface area contributed by atoms with E-state index < -0.39 is 0 Å². The van der Waals surface area contributed by atoms with Crippen molar-refractivity contribution in [3.63, 3.8) is 0 Å². The second kappa shape index (κ2) is 7.26. The second-order valence-corrected chi connectivity index (χ2v) is 15.4. The number of carbonyl (C=O) groups is 1. The van der Waals surface area contributed by atoms with Crippen molar-refractivity contribution < 1.29 is 14.3 Å². The Morgan fingerprint density at radius 1 is 0.882 bits per heavy atom. The molecule has 192 valence electrons. The first-order valence-corrected chi connectivity index (χ1v) is 14.6. The van der Waals surface area contributed by atoms with Crippen LogP contribution in [0.25, 0.3) is 0 Å². The second-order valence-electron chi connectivity index (χ2n) is 15.4. The average molecular weight is 471 g/mol. The van der Waals surface area contributed by atoms with Crippen molar-refractivity contribution in [3.05, 3.63) is 0 Å². The highest BCUT2D eigenvalue weighted by Gasteiger charge is 2.72. The first-order valence-electron chi connectivity index (χ1n) is 14.6. The molecule has 0 radical (unpaired) electrons. The Hall–Kier alpha value is -0.570. The molecule has 1 spiro atoms. The molecule has 3 nitrogen and oxygen atoms in total. The molecule has 0 amide bonds. The molecule has 3 heteroatoms. The number of fused-ring (bicyclic) bond motifs is 7. The summed E-state index contributed by atoms with van der Waals surface area (Å²) in [6, 6.07) is 0. The Morgan fingerprint density at radius 3 is 2.38 bits per heavy atom. The molecule has 6 aliphatic rings. The molecule has 0 aromatic rings. The topological polar surface area (TPSA) is 35.5 Å². The lowest BCUT2D eigenvalue weighted by atomic mass is 9.31. The summed E-state index contributed by atoms with van der Waals surface area (Å²) in [7, 11) is 1.56. The minimum Gasteiger partial charge on any atom is -0.469 e. The van der Waals surface area contributed by atoms with Crippen LogP contribution in [0.5, 0.6) is 0 Å². The minimum atomic E-state index is -0.0779. The number of ether oxygens (including phenoxy) is 2. The molecule has 34 heavy (non-hydrogen) atoms. The first-order chi connectivity index (χ1) is 15.9. The van der Waals surface area contributed by atoms with Gasteiger partial charge in [-0.2, -0.15) is 0 Å². The van der Waals surface area contributed by atoms with E-state index in [-0.39, 0.29) is 18.0 Å². The highest BCUT2D eigenvalue weighted by Crippen LogP contribution is 2.77. The molecule has 1 saturated heterocycles. The van der Waals surface area contributed by atoms with Crippen molar-refractivity contribution in [2.75, 3.05) is 13.7 Å². The maximum absolute atomic E-state index is 12.9. The van der Waals surface area contributed by atoms with Gasteiger partial charge in [0.05, 0.1) is 25.7 Å². The summed E-state index contributed by atoms with van der Waals surface area (Å²) in [5, 5.41) is 0. The molecule has 1 heterocycles. The van der Waals surface area contributed by atoms with Crippen molar-refractivity contribution in [2.45, 2.75) is 112 Å². The largest absolute Gasteiger partial charge is 0.469 e. The van der Waals surface area contributed by atoms with E-state index in [9.17, 15) is 4.79 Å². The van der Waals surface area contributed by atoms with Crippen LogP contribution in [0.2, 0.25) is 0 Å². The molecule has 6 fully saturated rings. The van der Waals surface area contributed by atoms with E-state index in [1.165, 1.54) is 57.8 Å². The van der Waals surface area contributed by atoms with Gasteiger partial charge in [-0.1, -0.05) is 48.0 Å². The maximum Gasteiger partial charge on any atom is 0.311 e. The summed E-state index contributed by atoms with van der Waals surface area (Å²) in [5.74, 6) is 3.28. The molecule has 2 bridgehead atoms. The van der Waals surface area contributed by atoms with Crippen LogP contribution in [-0.2, 0) is 14.3 Å². The predicted octanol–water partition coefficient (Wildman–Crippen LogP) is 7.28. The molecular formula is C31H50O3. The molecule has 5 aliphatic carbocycles. The van der Waals surface area contributed by atoms with Crippen LogP contribution >= 0.6 is 0 Å². The molecule has 1 aliphatic heterocycles. The zero-order chi connectivity index (χ0) is 24.3. The summed E-state index contributed by atoms with van der Waals surface area (Å²) in [4.78, 5) is 12.9. The third kappa shape index (κ3) is 2.72. The fourth-order valence-corrected chi connectivity index (χ4v) is 12.6. The van der Waals surface area contributed by atoms with Crippen molar-refractivity contribution in [3.8, 4) is 0 Å². The number of methoxy groups -OCH3 is 1. The molecule has 0 N–H and O–H groups in total. The third-order valence-electron chi connectivity index (χ3n) is 14.2. The van der Waals surface area contributed by atoms with Gasteiger partial charge < -0.3 is 9.47 Å². The van der Waals surface area contributed by atoms with Gasteiger partial charge in [0.1, 0.15) is 0 Å². The summed E-state index contributed by atoms with van der Waals surface area (Å²) in [6.45, 7) is 16.5. The highest BCUT2D eigenvalue weighted by molar-refractivity contribution is 5.73. The average Bonchev–Trinajstić information content (AvgIpc) is 3.13. The summed E-state index contributed by atoms with van der Waals surface area (Å²) < 4.78 is 11.7. The van der Waals surface area contributed by atoms with Gasteiger partial charge in [0.15, 0.2) is 0 Å². The lowest BCUT2D eigenvalue weighted by Crippen LogP contribution is -2.67. The van der Waals surface area contributed by atoms with E-state index in [1.807, 2.05) is 0 Å². The zero-order valence-electron chi connectivity index (χ0n) is 23.0. The molecule has 0 unspecified atom stereocenters. The van der Waals surface area contributed by atoms with E-state index in [0.717, 1.165) is 24.9 Å². The van der Waals surface area contributed by atoms with Gasteiger partial charge in [0.25, 0.3) is 0 Å². The van der Waals surface area contributed by atoms with E-state index in [2.05, 4.69) is 41.5 Å². The zero-order valence-corrected chi connectivity index (χ0v) is 23.0. The lowest BCUT2D eigenvalue weighted by Gasteiger charge is -2.73. The summed E-state index contributed by atoms with van der Waals surface area (Å²) >= 11 is 0. The predicted molar refractivity (Wildman–Crippen MR) is 135 cm³/mol. The van der Waals surface area contributed by atoms with Gasteiger partial charge >= 0.3 is 5.97 Å². The Bertz CT molecular complexity index is 865. The van der Waals surface area contributed by atoms with Gasteiger partial charge in [-0.25, -0.2) is 0 Å². The molecular weight excluding hydrogens is 420 g/mol. The van der Waals surface area contributed by atoms with Crippen molar-refractivity contribution >= 4 is 5.97 Å². The van der Waals surface area contributed by atoms with E-state index in [1.54, 1.807) is 7.11 Å². The standard InChI is InChI=1S/C31H50O3/c1-19-24(26(32)33-7)21-17-31(18-34-21)16-15-29(5)20(25(19)31)9-10-23-28(4)13-8-12-27(2,3)22(28)11-14-30(23,29)6/h19-25H,8-18H2,1-7H3/t19-,20+,21+,22-,23+,24-,25+,28+,29+,30-,31-/m0/s1. The fraction of sp³-hybridized carbons (Fsp3) is 0.968. The molecule has 5 saturated carbocycles. The van der Waals surface area contributed by atoms with Crippen LogP contribution < -0.4 is 0 Å². The maximum atomic E-state index is 12.9. The fourth-order valence-electron chi connectivity index (χ4n) is 12.6. The van der Waals surface area contributed by atoms with Gasteiger partial charge in [-0.05, 0) is 114 Å². The molecule has 0 aromatic heterocycles. The van der Waals surface area contributed by atoms with Crippen molar-refractivity contribution in [1.29, 1.82) is 0 Å². The first kappa shape index (κ1) is 23.8. The Labute approximate surface area is 208 Å². The minimum absolute atomic E-state index is 0.0300. The van der Waals surface area contributed by atoms with Crippen molar-refractivity contribution in [1.82, 2.24) is 0 Å². The number of esters is 1. The van der Waals surface area contributed by atoms with Crippen LogP contribution in [0.4, 0.5) is 0 Å². The van der Waals surface area contributed by atoms with Gasteiger partial charge in [0, 0.05) is 0 Å². The Kier molecular flexibility index (Phi) is 5.08. The van der Waals surface area contributed by atoms with Crippen LogP contribution in [-0.4, -0.2) is 25.8 Å². The summed E-state index contributed by atoms with van der Waals surface area (Å²) in [5.41, 5.74) is 2.06. The quantitative estimate of drug-likeness (QED) is 0.378. The third-order valence-corrected chi connectivity index (χ3v) is 14.2. The van der Waals surface area contributed by atoms with Crippen LogP contribution in [0.3, 0.4) is 0 Å². The molecule has 0 aromatic carbocycles. The number of rotatable bonds is 1. The molecule has 6 rings (SSSR count). The van der Waals surface area contributed by atoms with Crippen molar-refractivity contribution in [2.24, 2.45) is 62.6 Å². The Morgan fingerprint density at radius 2 is 1.65 bits per heavy atom. The van der Waals surface area contributed by atoms with Crippen LogP contribution in [0, 0.1) is 62.6 Å². The summed E-state index contributed by atoms with van der Waals surface area (Å²) in [6.07, 6.45) is 13.7. The van der Waals surface area contributed by atoms with E-state index >= 15 is 0 Å². The number of hydrogen-bond acceptors (Lipinski definition) is 3. The van der Waals surface area contributed by atoms with Crippen LogP contribution in [0.1, 0.15) is 106 Å². The van der Waals surface area contributed by atoms with Gasteiger partial charge in [-0.15, -0.1) is 0 Å². The van der Waals surface area contributed by atoms with Gasteiger partial charge in [-0.3, -0.25) is 4.79 Å². The Balaban J connectivity index is 1.39. The number of hydrogen-bond donors (Lipinski definition) is 0. The normalized spacial score (nSPS) is 57.6. The van der Waals surface area contributed by atoms with Crippen LogP contribution in [0.15, 0.2) is 0 Å². The monoisotopic (exact) mass is 470 g/mol. The number of carbonyl (C=O) groups excluding carboxylic acids is 1. The van der Waals surface area contributed by atoms with E-state index in [0.29, 0.717) is 44.8 Å².